The Balaban J connectivity index is 2.30. The van der Waals surface area contributed by atoms with Crippen LogP contribution in [0.5, 0.6) is 0 Å². The molecule has 3 heteroatoms. The van der Waals surface area contributed by atoms with E-state index in [4.69, 9.17) is 5.26 Å². The normalized spacial score (nSPS) is 26.2. The van der Waals surface area contributed by atoms with Gasteiger partial charge in [0.05, 0.1) is 12.5 Å². The van der Waals surface area contributed by atoms with E-state index in [-0.39, 0.29) is 0 Å². The number of likely N-dealkylation sites (N-methyl/N-ethyl adjacent to an activating group) is 1. The van der Waals surface area contributed by atoms with E-state index < -0.39 is 0 Å². The maximum atomic E-state index is 8.53. The van der Waals surface area contributed by atoms with Crippen LogP contribution in [0.25, 0.3) is 0 Å². The summed E-state index contributed by atoms with van der Waals surface area (Å²) < 4.78 is 0. The third-order valence-electron chi connectivity index (χ3n) is 2.44. The van der Waals surface area contributed by atoms with Crippen molar-refractivity contribution >= 4 is 0 Å². The highest BCUT2D eigenvalue weighted by molar-refractivity contribution is 4.83. The van der Waals surface area contributed by atoms with Crippen molar-refractivity contribution < 1.29 is 0 Å². The maximum absolute atomic E-state index is 8.53. The van der Waals surface area contributed by atoms with E-state index in [1.165, 1.54) is 0 Å². The molecule has 1 rings (SSSR count). The monoisotopic (exact) mass is 167 g/mol. The molecule has 1 fully saturated rings. The van der Waals surface area contributed by atoms with E-state index in [9.17, 15) is 0 Å². The van der Waals surface area contributed by atoms with Gasteiger partial charge in [-0.3, -0.25) is 0 Å². The van der Waals surface area contributed by atoms with Crippen LogP contribution >= 0.6 is 0 Å². The number of hydrogen-bond acceptors (Lipinski definition) is 3. The molecule has 0 aromatic rings. The molecule has 1 saturated heterocycles. The Morgan fingerprint density at radius 1 is 1.58 bits per heavy atom. The van der Waals surface area contributed by atoms with Gasteiger partial charge in [-0.15, -0.1) is 0 Å². The molecule has 0 amide bonds. The number of nitrogens with zero attached hydrogens (tertiary/aromatic N) is 2. The molecule has 3 nitrogen and oxygen atoms in total. The summed E-state index contributed by atoms with van der Waals surface area (Å²) in [5, 5.41) is 11.9. The molecule has 1 atom stereocenters. The second-order valence-electron chi connectivity index (χ2n) is 3.24. The minimum atomic E-state index is 0.423. The summed E-state index contributed by atoms with van der Waals surface area (Å²) in [6.45, 7) is 6.60. The van der Waals surface area contributed by atoms with Crippen molar-refractivity contribution in [1.82, 2.24) is 10.2 Å². The zero-order chi connectivity index (χ0) is 8.81. The van der Waals surface area contributed by atoms with Gasteiger partial charge in [0.2, 0.25) is 0 Å². The van der Waals surface area contributed by atoms with Gasteiger partial charge in [0.15, 0.2) is 0 Å². The fourth-order valence-electron chi connectivity index (χ4n) is 1.58. The molecule has 1 aliphatic rings. The molecule has 12 heavy (non-hydrogen) atoms. The Bertz CT molecular complexity index is 162. The summed E-state index contributed by atoms with van der Waals surface area (Å²) in [4.78, 5) is 2.42. The second-order valence-corrected chi connectivity index (χ2v) is 3.24. The van der Waals surface area contributed by atoms with Gasteiger partial charge in [0.1, 0.15) is 0 Å². The molecule has 0 saturated carbocycles. The Labute approximate surface area is 74.4 Å². The number of rotatable bonds is 2. The van der Waals surface area contributed by atoms with Gasteiger partial charge in [-0.05, 0) is 19.5 Å². The van der Waals surface area contributed by atoms with E-state index in [1.807, 2.05) is 0 Å². The molecule has 0 aliphatic carbocycles. The second kappa shape index (κ2) is 5.13. The van der Waals surface area contributed by atoms with Crippen LogP contribution in [0.4, 0.5) is 0 Å². The molecule has 1 heterocycles. The van der Waals surface area contributed by atoms with E-state index in [1.54, 1.807) is 0 Å². The standard InChI is InChI=1S/C9H17N3/c1-2-12-7-4-9(3-5-10)11-6-8-12/h9,11H,2-4,6-8H2,1H3. The maximum Gasteiger partial charge on any atom is 0.0638 e. The van der Waals surface area contributed by atoms with E-state index in [0.717, 1.165) is 32.6 Å². The smallest absolute Gasteiger partial charge is 0.0638 e. The molecular weight excluding hydrogens is 150 g/mol. The van der Waals surface area contributed by atoms with Crippen molar-refractivity contribution in [1.29, 1.82) is 5.26 Å². The van der Waals surface area contributed by atoms with Gasteiger partial charge in [-0.2, -0.15) is 5.26 Å². The lowest BCUT2D eigenvalue weighted by Crippen LogP contribution is -2.30. The quantitative estimate of drug-likeness (QED) is 0.654. The third kappa shape index (κ3) is 2.80. The molecule has 1 unspecified atom stereocenters. The lowest BCUT2D eigenvalue weighted by molar-refractivity contribution is 0.306. The van der Waals surface area contributed by atoms with Gasteiger partial charge in [0, 0.05) is 19.1 Å². The highest BCUT2D eigenvalue weighted by Crippen LogP contribution is 2.03. The van der Waals surface area contributed by atoms with Crippen molar-refractivity contribution in [3.05, 3.63) is 0 Å². The summed E-state index contributed by atoms with van der Waals surface area (Å²) in [5.74, 6) is 0. The summed E-state index contributed by atoms with van der Waals surface area (Å²) in [7, 11) is 0. The minimum absolute atomic E-state index is 0.423. The summed E-state index contributed by atoms with van der Waals surface area (Å²) in [6.07, 6.45) is 1.76. The fourth-order valence-corrected chi connectivity index (χ4v) is 1.58. The molecule has 0 bridgehead atoms. The highest BCUT2D eigenvalue weighted by Gasteiger charge is 2.14. The first-order valence-electron chi connectivity index (χ1n) is 4.69. The zero-order valence-corrected chi connectivity index (χ0v) is 7.71. The van der Waals surface area contributed by atoms with Crippen molar-refractivity contribution in [3.8, 4) is 6.07 Å². The van der Waals surface area contributed by atoms with Gasteiger partial charge < -0.3 is 10.2 Å². The van der Waals surface area contributed by atoms with E-state index >= 15 is 0 Å². The summed E-state index contributed by atoms with van der Waals surface area (Å²) in [6, 6.07) is 2.64. The van der Waals surface area contributed by atoms with Gasteiger partial charge >= 0.3 is 0 Å². The zero-order valence-electron chi connectivity index (χ0n) is 7.71. The SMILES string of the molecule is CCN1CCNC(CC#N)CC1. The van der Waals surface area contributed by atoms with E-state index in [0.29, 0.717) is 12.5 Å². The van der Waals surface area contributed by atoms with Crippen LogP contribution in [0.3, 0.4) is 0 Å². The third-order valence-corrected chi connectivity index (χ3v) is 2.44. The fraction of sp³-hybridized carbons (Fsp3) is 0.889. The van der Waals surface area contributed by atoms with Crippen LogP contribution in [-0.2, 0) is 0 Å². The van der Waals surface area contributed by atoms with Crippen LogP contribution in [0.2, 0.25) is 0 Å². The van der Waals surface area contributed by atoms with Crippen molar-refractivity contribution in [2.24, 2.45) is 0 Å². The Morgan fingerprint density at radius 3 is 3.08 bits per heavy atom. The number of nitrogens with one attached hydrogen (secondary N) is 1. The lowest BCUT2D eigenvalue weighted by Gasteiger charge is -2.16. The van der Waals surface area contributed by atoms with Crippen molar-refractivity contribution in [2.45, 2.75) is 25.8 Å². The molecule has 0 spiro atoms. The first-order chi connectivity index (χ1) is 5.86. The Morgan fingerprint density at radius 2 is 2.42 bits per heavy atom. The number of nitriles is 1. The van der Waals surface area contributed by atoms with Crippen LogP contribution in [0.15, 0.2) is 0 Å². The first-order valence-corrected chi connectivity index (χ1v) is 4.69. The largest absolute Gasteiger partial charge is 0.312 e. The van der Waals surface area contributed by atoms with Crippen LogP contribution in [0, 0.1) is 11.3 Å². The van der Waals surface area contributed by atoms with Gasteiger partial charge in [-0.25, -0.2) is 0 Å². The lowest BCUT2D eigenvalue weighted by atomic mass is 10.1. The average Bonchev–Trinajstić information content (AvgIpc) is 2.31. The molecule has 68 valence electrons. The van der Waals surface area contributed by atoms with E-state index in [2.05, 4.69) is 23.2 Å². The Kier molecular flexibility index (Phi) is 4.06. The first kappa shape index (κ1) is 9.50. The molecule has 0 aromatic carbocycles. The molecular formula is C9H17N3. The molecule has 0 radical (unpaired) electrons. The van der Waals surface area contributed by atoms with Crippen molar-refractivity contribution in [2.75, 3.05) is 26.2 Å². The van der Waals surface area contributed by atoms with Crippen LogP contribution in [-0.4, -0.2) is 37.1 Å². The highest BCUT2D eigenvalue weighted by atomic mass is 15.2. The minimum Gasteiger partial charge on any atom is -0.312 e. The molecule has 1 N–H and O–H groups in total. The van der Waals surface area contributed by atoms with Gasteiger partial charge in [0.25, 0.3) is 0 Å². The average molecular weight is 167 g/mol. The topological polar surface area (TPSA) is 39.1 Å². The van der Waals surface area contributed by atoms with Crippen LogP contribution < -0.4 is 5.32 Å². The number of hydrogen-bond donors (Lipinski definition) is 1. The predicted octanol–water partition coefficient (Wildman–Crippen LogP) is 0.584. The molecule has 1 aliphatic heterocycles. The Hall–Kier alpha value is -0.590. The van der Waals surface area contributed by atoms with Crippen molar-refractivity contribution in [3.63, 3.8) is 0 Å². The predicted molar refractivity (Wildman–Crippen MR) is 48.8 cm³/mol. The summed E-state index contributed by atoms with van der Waals surface area (Å²) >= 11 is 0. The van der Waals surface area contributed by atoms with Crippen LogP contribution in [0.1, 0.15) is 19.8 Å². The summed E-state index contributed by atoms with van der Waals surface area (Å²) in [5.41, 5.74) is 0. The van der Waals surface area contributed by atoms with Gasteiger partial charge in [-0.1, -0.05) is 6.92 Å². The molecule has 0 aromatic heterocycles.